The minimum Gasteiger partial charge on any atom is -0.293 e. The molecule has 17 heavy (non-hydrogen) atoms. The molecule has 0 radical (unpaired) electrons. The van der Waals surface area contributed by atoms with E-state index >= 15 is 0 Å². The lowest BCUT2D eigenvalue weighted by atomic mass is 9.97. The fraction of sp³-hybridized carbons (Fsp3) is 0.267. The molecule has 2 rings (SSSR count). The minimum atomic E-state index is 0.242. The molecule has 0 amide bonds. The van der Waals surface area contributed by atoms with E-state index in [-0.39, 0.29) is 5.78 Å². The van der Waals surface area contributed by atoms with E-state index in [1.165, 1.54) is 0 Å². The lowest BCUT2D eigenvalue weighted by Gasteiger charge is -2.09. The molecule has 0 saturated heterocycles. The van der Waals surface area contributed by atoms with Crippen LogP contribution >= 0.6 is 11.8 Å². The molecule has 0 aliphatic heterocycles. The number of thioether (sulfide) groups is 1. The van der Waals surface area contributed by atoms with Crippen molar-refractivity contribution in [3.63, 3.8) is 0 Å². The topological polar surface area (TPSA) is 17.1 Å². The summed E-state index contributed by atoms with van der Waals surface area (Å²) in [7, 11) is 0. The van der Waals surface area contributed by atoms with Crippen LogP contribution in [-0.2, 0) is 0 Å². The summed E-state index contributed by atoms with van der Waals surface area (Å²) in [6.45, 7) is 4.09. The van der Waals surface area contributed by atoms with Crippen LogP contribution < -0.4 is 0 Å². The van der Waals surface area contributed by atoms with Gasteiger partial charge in [-0.15, -0.1) is 0 Å². The zero-order valence-corrected chi connectivity index (χ0v) is 11.0. The largest absolute Gasteiger partial charge is 0.293 e. The molecule has 0 heterocycles. The first kappa shape index (κ1) is 12.2. The van der Waals surface area contributed by atoms with Crippen molar-refractivity contribution in [3.05, 3.63) is 47.5 Å². The molecule has 1 nitrogen and oxygen atoms in total. The summed E-state index contributed by atoms with van der Waals surface area (Å²) >= 11 is 1.68. The molecule has 0 bridgehead atoms. The Morgan fingerprint density at radius 1 is 1.18 bits per heavy atom. The highest BCUT2D eigenvalue weighted by Gasteiger charge is 2.12. The molecule has 0 unspecified atom stereocenters. The normalized spacial score (nSPS) is 10.7. The molecular weight excluding hydrogens is 228 g/mol. The van der Waals surface area contributed by atoms with Gasteiger partial charge >= 0.3 is 0 Å². The van der Waals surface area contributed by atoms with E-state index in [1.807, 2.05) is 31.2 Å². The van der Waals surface area contributed by atoms with Gasteiger partial charge in [0.05, 0.1) is 5.75 Å². The van der Waals surface area contributed by atoms with Crippen molar-refractivity contribution in [2.24, 2.45) is 0 Å². The van der Waals surface area contributed by atoms with Crippen molar-refractivity contribution in [1.82, 2.24) is 0 Å². The van der Waals surface area contributed by atoms with Crippen LogP contribution in [-0.4, -0.2) is 17.3 Å². The highest BCUT2D eigenvalue weighted by atomic mass is 32.2. The van der Waals surface area contributed by atoms with Gasteiger partial charge in [-0.05, 0) is 29.0 Å². The summed E-state index contributed by atoms with van der Waals surface area (Å²) in [6.07, 6.45) is 0. The Hall–Kier alpha value is -1.28. The van der Waals surface area contributed by atoms with E-state index in [0.29, 0.717) is 5.75 Å². The van der Waals surface area contributed by atoms with E-state index < -0.39 is 0 Å². The summed E-state index contributed by atoms with van der Waals surface area (Å²) in [5, 5.41) is 2.22. The molecule has 0 aliphatic carbocycles. The van der Waals surface area contributed by atoms with E-state index in [2.05, 4.69) is 19.1 Å². The maximum absolute atomic E-state index is 12.2. The van der Waals surface area contributed by atoms with Gasteiger partial charge in [0.15, 0.2) is 5.78 Å². The predicted molar refractivity (Wildman–Crippen MR) is 76.0 cm³/mol. The van der Waals surface area contributed by atoms with Crippen LogP contribution in [0.2, 0.25) is 0 Å². The second-order valence-corrected chi connectivity index (χ2v) is 5.31. The number of benzene rings is 2. The van der Waals surface area contributed by atoms with Gasteiger partial charge in [-0.25, -0.2) is 0 Å². The highest BCUT2D eigenvalue weighted by Crippen LogP contribution is 2.23. The minimum absolute atomic E-state index is 0.242. The standard InChI is InChI=1S/C15H16OS/c1-3-17-10-14(16)15-11(2)8-9-12-6-4-5-7-13(12)15/h4-9H,3,10H2,1-2H3. The Bertz CT molecular complexity index is 546. The van der Waals surface area contributed by atoms with Crippen molar-refractivity contribution >= 4 is 28.3 Å². The Morgan fingerprint density at radius 2 is 1.94 bits per heavy atom. The van der Waals surface area contributed by atoms with Crippen LogP contribution in [0.4, 0.5) is 0 Å². The maximum atomic E-state index is 12.2. The lowest BCUT2D eigenvalue weighted by Crippen LogP contribution is -2.06. The van der Waals surface area contributed by atoms with Crippen molar-refractivity contribution in [2.75, 3.05) is 11.5 Å². The van der Waals surface area contributed by atoms with Crippen molar-refractivity contribution in [2.45, 2.75) is 13.8 Å². The molecule has 0 atom stereocenters. The summed E-state index contributed by atoms with van der Waals surface area (Å²) in [5.74, 6) is 1.80. The molecule has 0 fully saturated rings. The number of fused-ring (bicyclic) bond motifs is 1. The molecule has 0 spiro atoms. The number of hydrogen-bond acceptors (Lipinski definition) is 2. The molecule has 0 aromatic heterocycles. The van der Waals surface area contributed by atoms with Crippen LogP contribution in [0.15, 0.2) is 36.4 Å². The van der Waals surface area contributed by atoms with Gasteiger partial charge < -0.3 is 0 Å². The average Bonchev–Trinajstić information content (AvgIpc) is 2.35. The number of carbonyl (C=O) groups is 1. The first-order valence-corrected chi connectivity index (χ1v) is 6.98. The first-order valence-electron chi connectivity index (χ1n) is 5.83. The summed E-state index contributed by atoms with van der Waals surface area (Å²) in [4.78, 5) is 12.2. The number of Topliss-reactive ketones (excluding diaryl/α,β-unsaturated/α-hetero) is 1. The SMILES string of the molecule is CCSCC(=O)c1c(C)ccc2ccccc12. The summed E-state index contributed by atoms with van der Waals surface area (Å²) in [6, 6.07) is 12.2. The summed E-state index contributed by atoms with van der Waals surface area (Å²) in [5.41, 5.74) is 1.97. The van der Waals surface area contributed by atoms with E-state index in [1.54, 1.807) is 11.8 Å². The number of hydrogen-bond donors (Lipinski definition) is 0. The Labute approximate surface area is 106 Å². The maximum Gasteiger partial charge on any atom is 0.173 e. The monoisotopic (exact) mass is 244 g/mol. The van der Waals surface area contributed by atoms with Gasteiger partial charge in [0.1, 0.15) is 0 Å². The van der Waals surface area contributed by atoms with Crippen LogP contribution in [0, 0.1) is 6.92 Å². The first-order chi connectivity index (χ1) is 8.24. The van der Waals surface area contributed by atoms with Crippen molar-refractivity contribution in [3.8, 4) is 0 Å². The second-order valence-electron chi connectivity index (χ2n) is 4.04. The number of aryl methyl sites for hydroxylation is 1. The Morgan fingerprint density at radius 3 is 2.71 bits per heavy atom. The van der Waals surface area contributed by atoms with E-state index in [9.17, 15) is 4.79 Å². The Balaban J connectivity index is 2.51. The van der Waals surface area contributed by atoms with Crippen molar-refractivity contribution < 1.29 is 4.79 Å². The van der Waals surface area contributed by atoms with Gasteiger partial charge in [-0.3, -0.25) is 4.79 Å². The average molecular weight is 244 g/mol. The number of rotatable bonds is 4. The second kappa shape index (κ2) is 5.37. The van der Waals surface area contributed by atoms with Gasteiger partial charge in [0.25, 0.3) is 0 Å². The van der Waals surface area contributed by atoms with Crippen molar-refractivity contribution in [1.29, 1.82) is 0 Å². The van der Waals surface area contributed by atoms with Crippen LogP contribution in [0.25, 0.3) is 10.8 Å². The highest BCUT2D eigenvalue weighted by molar-refractivity contribution is 7.99. The smallest absolute Gasteiger partial charge is 0.173 e. The zero-order chi connectivity index (χ0) is 12.3. The van der Waals surface area contributed by atoms with E-state index in [0.717, 1.165) is 27.7 Å². The molecule has 88 valence electrons. The third-order valence-electron chi connectivity index (χ3n) is 2.85. The molecule has 0 N–H and O–H groups in total. The third kappa shape index (κ3) is 2.52. The predicted octanol–water partition coefficient (Wildman–Crippen LogP) is 4.08. The molecule has 0 aliphatic rings. The molecule has 2 aromatic rings. The quantitative estimate of drug-likeness (QED) is 0.754. The fourth-order valence-electron chi connectivity index (χ4n) is 2.02. The third-order valence-corrected chi connectivity index (χ3v) is 3.73. The van der Waals surface area contributed by atoms with Crippen LogP contribution in [0.3, 0.4) is 0 Å². The molecule has 2 aromatic carbocycles. The number of ketones is 1. The summed E-state index contributed by atoms with van der Waals surface area (Å²) < 4.78 is 0. The Kier molecular flexibility index (Phi) is 3.85. The zero-order valence-electron chi connectivity index (χ0n) is 10.2. The molecule has 2 heteroatoms. The van der Waals surface area contributed by atoms with E-state index in [4.69, 9.17) is 0 Å². The molecule has 0 saturated carbocycles. The van der Waals surface area contributed by atoms with Gasteiger partial charge in [0, 0.05) is 5.56 Å². The fourth-order valence-corrected chi connectivity index (χ4v) is 2.55. The lowest BCUT2D eigenvalue weighted by molar-refractivity contribution is 0.102. The van der Waals surface area contributed by atoms with Crippen LogP contribution in [0.5, 0.6) is 0 Å². The van der Waals surface area contributed by atoms with Crippen LogP contribution in [0.1, 0.15) is 22.8 Å². The molecular formula is C15H16OS. The van der Waals surface area contributed by atoms with Gasteiger partial charge in [0.2, 0.25) is 0 Å². The van der Waals surface area contributed by atoms with Gasteiger partial charge in [-0.1, -0.05) is 43.3 Å². The number of carbonyl (C=O) groups excluding carboxylic acids is 1. The van der Waals surface area contributed by atoms with Gasteiger partial charge in [-0.2, -0.15) is 11.8 Å².